The summed E-state index contributed by atoms with van der Waals surface area (Å²) in [6.07, 6.45) is 4.30. The molecule has 1 amide bonds. The van der Waals surface area contributed by atoms with E-state index in [4.69, 9.17) is 4.74 Å². The van der Waals surface area contributed by atoms with Gasteiger partial charge in [0, 0.05) is 30.8 Å². The summed E-state index contributed by atoms with van der Waals surface area (Å²) in [5.74, 6) is 0.454. The van der Waals surface area contributed by atoms with Crippen molar-refractivity contribution in [1.29, 1.82) is 0 Å². The molecule has 2 aromatic rings. The Morgan fingerprint density at radius 2 is 1.83 bits per heavy atom. The topological polar surface area (TPSA) is 75.7 Å². The summed E-state index contributed by atoms with van der Waals surface area (Å²) in [5, 5.41) is 3.07. The fraction of sp³-hybridized carbons (Fsp3) is 0.409. The van der Waals surface area contributed by atoms with Crippen LogP contribution in [0.1, 0.15) is 48.5 Å². The molecule has 0 saturated heterocycles. The van der Waals surface area contributed by atoms with Crippen LogP contribution >= 0.6 is 0 Å². The summed E-state index contributed by atoms with van der Waals surface area (Å²) in [6, 6.07) is 13.7. The molecule has 1 saturated carbocycles. The van der Waals surface area contributed by atoms with Gasteiger partial charge in [0.2, 0.25) is 10.0 Å². The Kier molecular flexibility index (Phi) is 6.92. The maximum atomic E-state index is 12.9. The molecule has 2 aromatic carbocycles. The highest BCUT2D eigenvalue weighted by molar-refractivity contribution is 7.89. The van der Waals surface area contributed by atoms with Crippen molar-refractivity contribution in [2.45, 2.75) is 50.1 Å². The van der Waals surface area contributed by atoms with Gasteiger partial charge in [-0.15, -0.1) is 0 Å². The first-order valence-electron chi connectivity index (χ1n) is 9.99. The zero-order valence-electron chi connectivity index (χ0n) is 16.9. The average Bonchev–Trinajstić information content (AvgIpc) is 3.23. The number of rotatable bonds is 8. The summed E-state index contributed by atoms with van der Waals surface area (Å²) >= 11 is 0. The van der Waals surface area contributed by atoms with E-state index in [1.807, 2.05) is 6.92 Å². The first kappa shape index (κ1) is 21.3. The zero-order chi connectivity index (χ0) is 20.9. The molecule has 0 unspecified atom stereocenters. The van der Waals surface area contributed by atoms with Crippen molar-refractivity contribution in [3.05, 3.63) is 59.7 Å². The van der Waals surface area contributed by atoms with E-state index >= 15 is 0 Å². The second-order valence-corrected chi connectivity index (χ2v) is 9.33. The number of ether oxygens (including phenoxy) is 1. The van der Waals surface area contributed by atoms with Gasteiger partial charge in [0.1, 0.15) is 5.75 Å². The summed E-state index contributed by atoms with van der Waals surface area (Å²) in [4.78, 5) is 12.9. The molecule has 1 N–H and O–H groups in total. The third kappa shape index (κ3) is 5.16. The fourth-order valence-corrected chi connectivity index (χ4v) is 4.75. The Morgan fingerprint density at radius 3 is 2.48 bits per heavy atom. The number of carbonyl (C=O) groups excluding carboxylic acids is 1. The van der Waals surface area contributed by atoms with Crippen molar-refractivity contribution in [2.24, 2.45) is 0 Å². The molecule has 1 fully saturated rings. The largest absolute Gasteiger partial charge is 0.494 e. The second kappa shape index (κ2) is 9.41. The lowest BCUT2D eigenvalue weighted by Crippen LogP contribution is -2.32. The van der Waals surface area contributed by atoms with Gasteiger partial charge in [-0.1, -0.05) is 31.0 Å². The molecule has 0 heterocycles. The van der Waals surface area contributed by atoms with Gasteiger partial charge < -0.3 is 10.1 Å². The van der Waals surface area contributed by atoms with Crippen molar-refractivity contribution < 1.29 is 17.9 Å². The molecule has 156 valence electrons. The van der Waals surface area contributed by atoms with E-state index in [2.05, 4.69) is 5.32 Å². The van der Waals surface area contributed by atoms with Gasteiger partial charge in [-0.3, -0.25) is 4.79 Å². The highest BCUT2D eigenvalue weighted by Crippen LogP contribution is 2.25. The number of hydrogen-bond donors (Lipinski definition) is 1. The lowest BCUT2D eigenvalue weighted by Gasteiger charge is -2.20. The minimum atomic E-state index is -3.64. The minimum Gasteiger partial charge on any atom is -0.494 e. The highest BCUT2D eigenvalue weighted by atomic mass is 32.2. The van der Waals surface area contributed by atoms with E-state index in [1.165, 1.54) is 11.4 Å². The number of carbonyl (C=O) groups is 1. The molecule has 29 heavy (non-hydrogen) atoms. The first-order valence-corrected chi connectivity index (χ1v) is 11.4. The SMILES string of the molecule is CCOc1ccc(C(=O)NC2CCCC2)cc1CN(C)S(=O)(=O)c1ccccc1. The molecule has 3 rings (SSSR count). The fourth-order valence-electron chi connectivity index (χ4n) is 3.58. The van der Waals surface area contributed by atoms with Gasteiger partial charge in [-0.25, -0.2) is 8.42 Å². The van der Waals surface area contributed by atoms with E-state index in [0.29, 0.717) is 23.5 Å². The lowest BCUT2D eigenvalue weighted by molar-refractivity contribution is 0.0937. The van der Waals surface area contributed by atoms with Crippen LogP contribution in [0.2, 0.25) is 0 Å². The number of nitrogens with one attached hydrogen (secondary N) is 1. The van der Waals surface area contributed by atoms with Crippen LogP contribution in [0.5, 0.6) is 5.75 Å². The number of hydrogen-bond acceptors (Lipinski definition) is 4. The summed E-state index contributed by atoms with van der Waals surface area (Å²) in [5.41, 5.74) is 1.17. The number of benzene rings is 2. The Bertz CT molecular complexity index is 939. The van der Waals surface area contributed by atoms with Crippen LogP contribution in [-0.4, -0.2) is 38.3 Å². The van der Waals surface area contributed by atoms with E-state index in [-0.39, 0.29) is 23.4 Å². The van der Waals surface area contributed by atoms with Gasteiger partial charge >= 0.3 is 0 Å². The molecule has 0 bridgehead atoms. The molecule has 7 heteroatoms. The Hall–Kier alpha value is -2.38. The number of nitrogens with zero attached hydrogens (tertiary/aromatic N) is 1. The van der Waals surface area contributed by atoms with Gasteiger partial charge in [0.05, 0.1) is 11.5 Å². The third-order valence-corrected chi connectivity index (χ3v) is 6.97. The molecule has 1 aliphatic rings. The minimum absolute atomic E-state index is 0.108. The highest BCUT2D eigenvalue weighted by Gasteiger charge is 2.23. The third-order valence-electron chi connectivity index (χ3n) is 5.16. The molecular weight excluding hydrogens is 388 g/mol. The average molecular weight is 417 g/mol. The molecule has 6 nitrogen and oxygen atoms in total. The van der Waals surface area contributed by atoms with Crippen LogP contribution in [0.4, 0.5) is 0 Å². The Labute approximate surface area is 172 Å². The van der Waals surface area contributed by atoms with Crippen LogP contribution < -0.4 is 10.1 Å². The predicted molar refractivity (Wildman–Crippen MR) is 112 cm³/mol. The molecule has 0 aromatic heterocycles. The quantitative estimate of drug-likeness (QED) is 0.714. The normalized spacial score (nSPS) is 14.9. The predicted octanol–water partition coefficient (Wildman–Crippen LogP) is 3.58. The van der Waals surface area contributed by atoms with Crippen LogP contribution in [0.25, 0.3) is 0 Å². The number of sulfonamides is 1. The summed E-state index contributed by atoms with van der Waals surface area (Å²) in [7, 11) is -2.11. The van der Waals surface area contributed by atoms with E-state index in [0.717, 1.165) is 25.7 Å². The van der Waals surface area contributed by atoms with Crippen LogP contribution in [0, 0.1) is 0 Å². The van der Waals surface area contributed by atoms with E-state index in [9.17, 15) is 13.2 Å². The molecular formula is C22H28N2O4S. The van der Waals surface area contributed by atoms with E-state index < -0.39 is 10.0 Å². The monoisotopic (exact) mass is 416 g/mol. The van der Waals surface area contributed by atoms with E-state index in [1.54, 1.807) is 48.5 Å². The van der Waals surface area contributed by atoms with Crippen molar-refractivity contribution in [1.82, 2.24) is 9.62 Å². The maximum absolute atomic E-state index is 12.9. The lowest BCUT2D eigenvalue weighted by atomic mass is 10.1. The standard InChI is InChI=1S/C22H28N2O4S/c1-3-28-21-14-13-17(22(25)23-19-9-7-8-10-19)15-18(21)16-24(2)29(26,27)20-11-5-4-6-12-20/h4-6,11-15,19H,3,7-10,16H2,1-2H3,(H,23,25). The summed E-state index contributed by atoms with van der Waals surface area (Å²) < 4.78 is 32.7. The molecule has 0 aliphatic heterocycles. The number of amides is 1. The summed E-state index contributed by atoms with van der Waals surface area (Å²) in [6.45, 7) is 2.43. The first-order chi connectivity index (χ1) is 13.9. The van der Waals surface area contributed by atoms with Gasteiger partial charge in [-0.05, 0) is 50.1 Å². The Morgan fingerprint density at radius 1 is 1.14 bits per heavy atom. The molecule has 0 radical (unpaired) electrons. The maximum Gasteiger partial charge on any atom is 0.251 e. The zero-order valence-corrected chi connectivity index (χ0v) is 17.7. The van der Waals surface area contributed by atoms with Crippen molar-refractivity contribution in [2.75, 3.05) is 13.7 Å². The van der Waals surface area contributed by atoms with Gasteiger partial charge in [0.25, 0.3) is 5.91 Å². The van der Waals surface area contributed by atoms with Crippen molar-refractivity contribution >= 4 is 15.9 Å². The van der Waals surface area contributed by atoms with Crippen LogP contribution in [-0.2, 0) is 16.6 Å². The molecule has 0 atom stereocenters. The van der Waals surface area contributed by atoms with Crippen LogP contribution in [0.15, 0.2) is 53.4 Å². The molecule has 1 aliphatic carbocycles. The van der Waals surface area contributed by atoms with Gasteiger partial charge in [-0.2, -0.15) is 4.31 Å². The van der Waals surface area contributed by atoms with Gasteiger partial charge in [0.15, 0.2) is 0 Å². The van der Waals surface area contributed by atoms with Crippen molar-refractivity contribution in [3.63, 3.8) is 0 Å². The smallest absolute Gasteiger partial charge is 0.251 e. The van der Waals surface area contributed by atoms with Crippen molar-refractivity contribution in [3.8, 4) is 5.75 Å². The molecule has 0 spiro atoms. The Balaban J connectivity index is 1.83. The van der Waals surface area contributed by atoms with Crippen LogP contribution in [0.3, 0.4) is 0 Å². The second-order valence-electron chi connectivity index (χ2n) is 7.28.